The van der Waals surface area contributed by atoms with Crippen molar-refractivity contribution in [2.24, 2.45) is 0 Å². The third kappa shape index (κ3) is 1.06. The van der Waals surface area contributed by atoms with Gasteiger partial charge in [0.05, 0.1) is 0 Å². The number of hydrogen-bond donors (Lipinski definition) is 0. The molecule has 17 heavy (non-hydrogen) atoms. The molecule has 1 heteroatoms. The van der Waals surface area contributed by atoms with E-state index >= 15 is 0 Å². The average molecular weight is 218 g/mol. The maximum Gasteiger partial charge on any atom is 0.186 e. The summed E-state index contributed by atoms with van der Waals surface area (Å²) in [7, 11) is 0. The second kappa shape index (κ2) is 2.95. The van der Waals surface area contributed by atoms with Crippen LogP contribution in [0.3, 0.4) is 0 Å². The molecule has 1 nitrogen and oxygen atoms in total. The fourth-order valence-electron chi connectivity index (χ4n) is 2.85. The van der Waals surface area contributed by atoms with Gasteiger partial charge in [-0.1, -0.05) is 42.5 Å². The van der Waals surface area contributed by atoms with E-state index in [2.05, 4.69) is 24.3 Å². The van der Waals surface area contributed by atoms with E-state index in [-0.39, 0.29) is 5.78 Å². The Morgan fingerprint density at radius 1 is 0.941 bits per heavy atom. The lowest BCUT2D eigenvalue weighted by Crippen LogP contribution is -2.23. The lowest BCUT2D eigenvalue weighted by atomic mass is 9.85. The highest BCUT2D eigenvalue weighted by atomic mass is 16.1. The van der Waals surface area contributed by atoms with E-state index in [9.17, 15) is 4.79 Å². The van der Waals surface area contributed by atoms with Gasteiger partial charge in [0.15, 0.2) is 5.78 Å². The van der Waals surface area contributed by atoms with Gasteiger partial charge in [-0.15, -0.1) is 0 Å². The van der Waals surface area contributed by atoms with Crippen LogP contribution in [0.1, 0.15) is 12.0 Å². The first-order chi connectivity index (χ1) is 8.34. The maximum atomic E-state index is 12.1. The second-order valence-electron chi connectivity index (χ2n) is 4.54. The zero-order valence-electron chi connectivity index (χ0n) is 9.23. The van der Waals surface area contributed by atoms with E-state index in [4.69, 9.17) is 0 Å². The summed E-state index contributed by atoms with van der Waals surface area (Å²) in [4.78, 5) is 12.1. The van der Waals surface area contributed by atoms with Gasteiger partial charge in [-0.2, -0.15) is 0 Å². The molecule has 4 rings (SSSR count). The number of carbonyl (C=O) groups is 1. The van der Waals surface area contributed by atoms with Crippen molar-refractivity contribution in [3.8, 4) is 0 Å². The van der Waals surface area contributed by atoms with Crippen LogP contribution < -0.4 is 10.4 Å². The Morgan fingerprint density at radius 3 is 2.82 bits per heavy atom. The fourth-order valence-corrected chi connectivity index (χ4v) is 2.85. The molecule has 2 aromatic rings. The van der Waals surface area contributed by atoms with Gasteiger partial charge >= 0.3 is 0 Å². The molecular formula is C16H10O. The zero-order chi connectivity index (χ0) is 11.4. The van der Waals surface area contributed by atoms with Crippen LogP contribution in [-0.4, -0.2) is 5.78 Å². The van der Waals surface area contributed by atoms with Crippen LogP contribution in [-0.2, 0) is 4.79 Å². The molecule has 80 valence electrons. The molecule has 2 aliphatic rings. The summed E-state index contributed by atoms with van der Waals surface area (Å²) >= 11 is 0. The van der Waals surface area contributed by atoms with Crippen LogP contribution in [0.5, 0.6) is 0 Å². The highest BCUT2D eigenvalue weighted by Gasteiger charge is 2.20. The molecule has 0 saturated carbocycles. The number of benzene rings is 2. The van der Waals surface area contributed by atoms with Gasteiger partial charge in [0.2, 0.25) is 0 Å². The minimum Gasteiger partial charge on any atom is -0.289 e. The van der Waals surface area contributed by atoms with Crippen LogP contribution in [0.2, 0.25) is 0 Å². The van der Waals surface area contributed by atoms with Gasteiger partial charge in [0.25, 0.3) is 0 Å². The van der Waals surface area contributed by atoms with E-state index in [0.29, 0.717) is 0 Å². The Balaban J connectivity index is 2.41. The van der Waals surface area contributed by atoms with E-state index in [1.807, 2.05) is 18.2 Å². The number of hydrogen-bond acceptors (Lipinski definition) is 1. The molecule has 0 aromatic heterocycles. The third-order valence-corrected chi connectivity index (χ3v) is 3.59. The largest absolute Gasteiger partial charge is 0.289 e. The summed E-state index contributed by atoms with van der Waals surface area (Å²) in [6, 6.07) is 10.4. The van der Waals surface area contributed by atoms with Crippen LogP contribution in [0, 0.1) is 0 Å². The van der Waals surface area contributed by atoms with Gasteiger partial charge in [-0.3, -0.25) is 4.79 Å². The first-order valence-electron chi connectivity index (χ1n) is 5.83. The molecule has 0 atom stereocenters. The van der Waals surface area contributed by atoms with E-state index in [1.165, 1.54) is 16.0 Å². The normalized spacial score (nSPS) is 16.2. The molecule has 0 saturated heterocycles. The third-order valence-electron chi connectivity index (χ3n) is 3.59. The van der Waals surface area contributed by atoms with Crippen LogP contribution in [0.25, 0.3) is 28.5 Å². The molecule has 0 radical (unpaired) electrons. The minimum absolute atomic E-state index is 0.144. The second-order valence-corrected chi connectivity index (χ2v) is 4.54. The summed E-state index contributed by atoms with van der Waals surface area (Å²) in [5.41, 5.74) is 2.02. The monoisotopic (exact) mass is 218 g/mol. The van der Waals surface area contributed by atoms with Crippen molar-refractivity contribution in [1.82, 2.24) is 0 Å². The maximum absolute atomic E-state index is 12.1. The first kappa shape index (κ1) is 8.94. The summed E-state index contributed by atoms with van der Waals surface area (Å²) in [6.07, 6.45) is 6.84. The van der Waals surface area contributed by atoms with Crippen molar-refractivity contribution in [2.45, 2.75) is 6.42 Å². The Labute approximate surface area is 98.4 Å². The lowest BCUT2D eigenvalue weighted by molar-refractivity contribution is -0.108. The predicted molar refractivity (Wildman–Crippen MR) is 69.7 cm³/mol. The number of Topliss-reactive ketones (excluding diaryl/α,β-unsaturated/α-hetero) is 1. The Morgan fingerprint density at radius 2 is 1.88 bits per heavy atom. The quantitative estimate of drug-likeness (QED) is 0.658. The Kier molecular flexibility index (Phi) is 1.55. The van der Waals surface area contributed by atoms with Crippen LogP contribution in [0.15, 0.2) is 36.4 Å². The molecule has 0 unspecified atom stereocenters. The van der Waals surface area contributed by atoms with Gasteiger partial charge in [0.1, 0.15) is 0 Å². The summed E-state index contributed by atoms with van der Waals surface area (Å²) in [6.45, 7) is 0. The van der Waals surface area contributed by atoms with Crippen molar-refractivity contribution >= 4 is 34.3 Å². The summed E-state index contributed by atoms with van der Waals surface area (Å²) < 4.78 is 0. The number of rotatable bonds is 0. The van der Waals surface area contributed by atoms with Gasteiger partial charge < -0.3 is 0 Å². The number of allylic oxidation sites excluding steroid dienone is 2. The van der Waals surface area contributed by atoms with Crippen LogP contribution in [0.4, 0.5) is 0 Å². The van der Waals surface area contributed by atoms with Gasteiger partial charge in [0, 0.05) is 11.1 Å². The average Bonchev–Trinajstić information content (AvgIpc) is 2.37. The topological polar surface area (TPSA) is 17.1 Å². The summed E-state index contributed by atoms with van der Waals surface area (Å²) in [5.74, 6) is 0.144. The zero-order valence-corrected chi connectivity index (χ0v) is 9.23. The Bertz CT molecular complexity index is 822. The molecule has 0 N–H and O–H groups in total. The number of ketones is 1. The fraction of sp³-hybridized carbons (Fsp3) is 0.0625. The Hall–Kier alpha value is -2.15. The molecule has 2 aromatic carbocycles. The lowest BCUT2D eigenvalue weighted by Gasteiger charge is -2.17. The predicted octanol–water partition coefficient (Wildman–Crippen LogP) is 1.77. The molecule has 0 heterocycles. The molecule has 0 fully saturated rings. The first-order valence-corrected chi connectivity index (χ1v) is 5.83. The summed E-state index contributed by atoms with van der Waals surface area (Å²) in [5, 5.41) is 4.69. The van der Waals surface area contributed by atoms with E-state index in [1.54, 1.807) is 6.08 Å². The van der Waals surface area contributed by atoms with E-state index in [0.717, 1.165) is 22.8 Å². The molecule has 0 spiro atoms. The molecule has 0 bridgehead atoms. The highest BCUT2D eigenvalue weighted by molar-refractivity contribution is 6.38. The standard InChI is InChI=1S/C16H10O/c17-14-9-12-5-1-3-10-7-8-11-4-2-6-13(14)16(11)15(10)12/h1,3-9H,2H2. The highest BCUT2D eigenvalue weighted by Crippen LogP contribution is 2.26. The smallest absolute Gasteiger partial charge is 0.186 e. The molecular weight excluding hydrogens is 208 g/mol. The van der Waals surface area contributed by atoms with Gasteiger partial charge in [-0.25, -0.2) is 0 Å². The minimum atomic E-state index is 0.144. The van der Waals surface area contributed by atoms with Crippen molar-refractivity contribution < 1.29 is 4.79 Å². The van der Waals surface area contributed by atoms with Crippen LogP contribution >= 0.6 is 0 Å². The van der Waals surface area contributed by atoms with Crippen molar-refractivity contribution in [1.29, 1.82) is 0 Å². The SMILES string of the molecule is O=C1C=c2cccc3ccc4c(c23)C1=CCC=4. The van der Waals surface area contributed by atoms with E-state index < -0.39 is 0 Å². The number of carbonyl (C=O) groups excluding carboxylic acids is 1. The van der Waals surface area contributed by atoms with Crippen molar-refractivity contribution in [2.75, 3.05) is 0 Å². The molecule has 0 aliphatic heterocycles. The van der Waals surface area contributed by atoms with Crippen molar-refractivity contribution in [3.05, 3.63) is 52.4 Å². The molecule has 2 aliphatic carbocycles. The molecule has 0 amide bonds. The van der Waals surface area contributed by atoms with Gasteiger partial charge in [-0.05, 0) is 33.7 Å². The van der Waals surface area contributed by atoms with Crippen molar-refractivity contribution in [3.63, 3.8) is 0 Å².